The van der Waals surface area contributed by atoms with Crippen molar-refractivity contribution in [2.45, 2.75) is 0 Å². The molecule has 2 rings (SSSR count). The molecule has 1 aromatic carbocycles. The predicted molar refractivity (Wildman–Crippen MR) is 70.9 cm³/mol. The van der Waals surface area contributed by atoms with E-state index in [1.165, 1.54) is 0 Å². The van der Waals surface area contributed by atoms with E-state index in [1.807, 2.05) is 31.3 Å². The lowest BCUT2D eigenvalue weighted by Gasteiger charge is -2.17. The first kappa shape index (κ1) is 12.9. The molecule has 0 saturated carbocycles. The molecule has 1 heterocycles. The molecular weight excluding hydrogens is 275 g/mol. The van der Waals surface area contributed by atoms with Crippen LogP contribution in [0.2, 0.25) is 10.6 Å². The molecule has 0 atom stereocenters. The van der Waals surface area contributed by atoms with E-state index in [9.17, 15) is 0 Å². The van der Waals surface area contributed by atoms with Gasteiger partial charge in [-0.15, -0.1) is 0 Å². The Morgan fingerprint density at radius 1 is 1.00 bits per heavy atom. The minimum atomic E-state index is 0.0605. The van der Waals surface area contributed by atoms with Gasteiger partial charge in [0, 0.05) is 12.7 Å². The maximum absolute atomic E-state index is 5.74. The smallest absolute Gasteiger partial charge is 0.235 e. The molecule has 0 saturated heterocycles. The lowest BCUT2D eigenvalue weighted by molar-refractivity contribution is 0.415. The maximum Gasteiger partial charge on any atom is 0.235 e. The molecule has 0 N–H and O–H groups in total. The Hall–Kier alpha value is -1.59. The molecule has 0 fully saturated rings. The highest BCUT2D eigenvalue weighted by molar-refractivity contribution is 6.31. The van der Waals surface area contributed by atoms with Gasteiger partial charge in [-0.1, -0.05) is 0 Å². The lowest BCUT2D eigenvalue weighted by atomic mass is 10.3. The van der Waals surface area contributed by atoms with Crippen molar-refractivity contribution in [3.05, 3.63) is 34.8 Å². The largest absolute Gasteiger partial charge is 0.497 e. The van der Waals surface area contributed by atoms with Crippen LogP contribution in [0.1, 0.15) is 0 Å². The standard InChI is InChI=1S/C11H10Cl2N4O/c1-17(7-3-5-8(18-2)6-4-7)11-15-9(12)14-10(13)16-11/h3-6H,1-2H3. The van der Waals surface area contributed by atoms with Gasteiger partial charge in [0.25, 0.3) is 0 Å². The highest BCUT2D eigenvalue weighted by Crippen LogP contribution is 2.24. The van der Waals surface area contributed by atoms with E-state index in [4.69, 9.17) is 27.9 Å². The molecule has 0 aliphatic carbocycles. The van der Waals surface area contributed by atoms with Crippen molar-refractivity contribution in [1.82, 2.24) is 15.0 Å². The fourth-order valence-electron chi connectivity index (χ4n) is 1.39. The third kappa shape index (κ3) is 2.80. The highest BCUT2D eigenvalue weighted by atomic mass is 35.5. The van der Waals surface area contributed by atoms with Crippen molar-refractivity contribution in [3.63, 3.8) is 0 Å². The quantitative estimate of drug-likeness (QED) is 0.867. The van der Waals surface area contributed by atoms with Crippen LogP contribution in [0, 0.1) is 0 Å². The zero-order valence-electron chi connectivity index (χ0n) is 9.76. The first-order chi connectivity index (χ1) is 8.60. The molecule has 0 radical (unpaired) electrons. The van der Waals surface area contributed by atoms with Crippen molar-refractivity contribution in [2.24, 2.45) is 0 Å². The van der Waals surface area contributed by atoms with Crippen LogP contribution < -0.4 is 9.64 Å². The molecule has 0 aliphatic heterocycles. The normalized spacial score (nSPS) is 10.2. The predicted octanol–water partition coefficient (Wildman–Crippen LogP) is 2.95. The van der Waals surface area contributed by atoms with Crippen molar-refractivity contribution in [3.8, 4) is 5.75 Å². The van der Waals surface area contributed by atoms with Gasteiger partial charge in [-0.3, -0.25) is 0 Å². The molecule has 0 amide bonds. The van der Waals surface area contributed by atoms with Crippen LogP contribution in [-0.4, -0.2) is 29.1 Å². The molecule has 0 spiro atoms. The van der Waals surface area contributed by atoms with Crippen LogP contribution in [0.3, 0.4) is 0 Å². The summed E-state index contributed by atoms with van der Waals surface area (Å²) >= 11 is 11.5. The second-order valence-corrected chi connectivity index (χ2v) is 4.11. The molecule has 5 nitrogen and oxygen atoms in total. The Balaban J connectivity index is 2.31. The van der Waals surface area contributed by atoms with Crippen molar-refractivity contribution in [1.29, 1.82) is 0 Å². The number of hydrogen-bond donors (Lipinski definition) is 0. The van der Waals surface area contributed by atoms with E-state index >= 15 is 0 Å². The number of aromatic nitrogens is 3. The van der Waals surface area contributed by atoms with Gasteiger partial charge in [0.2, 0.25) is 16.5 Å². The zero-order chi connectivity index (χ0) is 13.1. The summed E-state index contributed by atoms with van der Waals surface area (Å²) in [6.07, 6.45) is 0. The molecule has 0 bridgehead atoms. The van der Waals surface area contributed by atoms with Crippen LogP contribution >= 0.6 is 23.2 Å². The average Bonchev–Trinajstić information content (AvgIpc) is 2.37. The van der Waals surface area contributed by atoms with E-state index in [1.54, 1.807) is 12.0 Å². The average molecular weight is 285 g/mol. The summed E-state index contributed by atoms with van der Waals surface area (Å²) in [5, 5.41) is 0.121. The van der Waals surface area contributed by atoms with Crippen LogP contribution in [0.5, 0.6) is 5.75 Å². The third-order valence-electron chi connectivity index (χ3n) is 2.33. The third-order valence-corrected chi connectivity index (χ3v) is 2.67. The maximum atomic E-state index is 5.74. The SMILES string of the molecule is COc1ccc(N(C)c2nc(Cl)nc(Cl)n2)cc1. The molecule has 1 aromatic heterocycles. The van der Waals surface area contributed by atoms with Gasteiger partial charge in [-0.05, 0) is 47.5 Å². The van der Waals surface area contributed by atoms with Crippen LogP contribution in [0.4, 0.5) is 11.6 Å². The van der Waals surface area contributed by atoms with Gasteiger partial charge in [0.1, 0.15) is 5.75 Å². The van der Waals surface area contributed by atoms with E-state index in [0.717, 1.165) is 11.4 Å². The summed E-state index contributed by atoms with van der Waals surface area (Å²) in [4.78, 5) is 13.5. The Bertz CT molecular complexity index is 527. The summed E-state index contributed by atoms with van der Waals surface area (Å²) < 4.78 is 5.09. The van der Waals surface area contributed by atoms with Crippen molar-refractivity contribution in [2.75, 3.05) is 19.1 Å². The Kier molecular flexibility index (Phi) is 3.84. The van der Waals surface area contributed by atoms with Gasteiger partial charge in [-0.2, -0.15) is 15.0 Å². The number of ether oxygens (including phenoxy) is 1. The fourth-order valence-corrected chi connectivity index (χ4v) is 1.74. The van der Waals surface area contributed by atoms with Crippen molar-refractivity contribution < 1.29 is 4.74 Å². The summed E-state index contributed by atoms with van der Waals surface area (Å²) in [7, 11) is 3.42. The number of nitrogens with zero attached hydrogens (tertiary/aromatic N) is 4. The lowest BCUT2D eigenvalue weighted by Crippen LogP contribution is -2.13. The number of hydrogen-bond acceptors (Lipinski definition) is 5. The summed E-state index contributed by atoms with van der Waals surface area (Å²) in [6, 6.07) is 7.45. The number of methoxy groups -OCH3 is 1. The van der Waals surface area contributed by atoms with Crippen molar-refractivity contribution >= 4 is 34.8 Å². The molecule has 2 aromatic rings. The van der Waals surface area contributed by atoms with Gasteiger partial charge in [0.15, 0.2) is 0 Å². The van der Waals surface area contributed by atoms with Gasteiger partial charge in [-0.25, -0.2) is 0 Å². The Morgan fingerprint density at radius 2 is 1.56 bits per heavy atom. The summed E-state index contributed by atoms with van der Waals surface area (Å²) in [6.45, 7) is 0. The summed E-state index contributed by atoms with van der Waals surface area (Å²) in [5.41, 5.74) is 0.883. The molecule has 18 heavy (non-hydrogen) atoms. The van der Waals surface area contributed by atoms with E-state index < -0.39 is 0 Å². The fraction of sp³-hybridized carbons (Fsp3) is 0.182. The Labute approximate surface area is 114 Å². The minimum Gasteiger partial charge on any atom is -0.497 e. The monoisotopic (exact) mass is 284 g/mol. The first-order valence-corrected chi connectivity index (χ1v) is 5.80. The van der Waals surface area contributed by atoms with Gasteiger partial charge >= 0.3 is 0 Å². The van der Waals surface area contributed by atoms with E-state index in [-0.39, 0.29) is 10.6 Å². The second kappa shape index (κ2) is 5.37. The molecule has 7 heteroatoms. The van der Waals surface area contributed by atoms with E-state index in [2.05, 4.69) is 15.0 Å². The summed E-state index contributed by atoms with van der Waals surface area (Å²) in [5.74, 6) is 1.16. The first-order valence-electron chi connectivity index (χ1n) is 5.05. The van der Waals surface area contributed by atoms with Crippen LogP contribution in [0.15, 0.2) is 24.3 Å². The van der Waals surface area contributed by atoms with Gasteiger partial charge in [0.05, 0.1) is 7.11 Å². The molecule has 0 unspecified atom stereocenters. The second-order valence-electron chi connectivity index (χ2n) is 3.43. The van der Waals surface area contributed by atoms with Crippen LogP contribution in [0.25, 0.3) is 0 Å². The topological polar surface area (TPSA) is 51.1 Å². The Morgan fingerprint density at radius 3 is 2.06 bits per heavy atom. The molecular formula is C11H10Cl2N4O. The zero-order valence-corrected chi connectivity index (χ0v) is 11.3. The number of benzene rings is 1. The van der Waals surface area contributed by atoms with E-state index in [0.29, 0.717) is 5.95 Å². The number of rotatable bonds is 3. The minimum absolute atomic E-state index is 0.0605. The van der Waals surface area contributed by atoms with Gasteiger partial charge < -0.3 is 9.64 Å². The highest BCUT2D eigenvalue weighted by Gasteiger charge is 2.10. The number of halogens is 2. The van der Waals surface area contributed by atoms with Crippen LogP contribution in [-0.2, 0) is 0 Å². The number of anilines is 2. The molecule has 94 valence electrons. The molecule has 0 aliphatic rings.